The third kappa shape index (κ3) is 2.28. The molecule has 2 rings (SSSR count). The molecule has 1 saturated heterocycles. The van der Waals surface area contributed by atoms with Gasteiger partial charge in [0.1, 0.15) is 7.85 Å². The van der Waals surface area contributed by atoms with E-state index in [1.807, 2.05) is 0 Å². The number of hydrogen-bond acceptors (Lipinski definition) is 1. The van der Waals surface area contributed by atoms with Crippen molar-refractivity contribution in [1.82, 2.24) is 4.90 Å². The minimum Gasteiger partial charge on any atom is -0.340 e. The Labute approximate surface area is 100 Å². The molecule has 2 nitrogen and oxygen atoms in total. The molecule has 0 radical (unpaired) electrons. The molecule has 2 aliphatic rings. The van der Waals surface area contributed by atoms with Crippen LogP contribution in [0.25, 0.3) is 0 Å². The summed E-state index contributed by atoms with van der Waals surface area (Å²) in [5.74, 6) is 2.30. The number of hydrogen-bond donors (Lipinski definition) is 0. The molecule has 0 N–H and O–H groups in total. The highest BCUT2D eigenvalue weighted by Crippen LogP contribution is 2.39. The Bertz CT molecular complexity index is 267. The number of piperidine rings is 1. The number of carbonyl (C=O) groups excluding carboxylic acids is 1. The number of amides is 1. The van der Waals surface area contributed by atoms with Crippen molar-refractivity contribution in [1.29, 1.82) is 0 Å². The molecular weight excluding hydrogens is 197 g/mol. The van der Waals surface area contributed by atoms with Crippen LogP contribution in [0.1, 0.15) is 46.0 Å². The molecule has 1 amide bonds. The zero-order valence-electron chi connectivity index (χ0n) is 10.9. The lowest BCUT2D eigenvalue weighted by molar-refractivity contribution is -0.143. The van der Waals surface area contributed by atoms with Crippen LogP contribution in [-0.2, 0) is 4.79 Å². The number of fused-ring (bicyclic) bond motifs is 1. The van der Waals surface area contributed by atoms with Crippen LogP contribution in [0, 0.1) is 11.8 Å². The van der Waals surface area contributed by atoms with Crippen molar-refractivity contribution in [2.45, 2.75) is 57.8 Å². The van der Waals surface area contributed by atoms with Gasteiger partial charge < -0.3 is 4.90 Å². The van der Waals surface area contributed by atoms with E-state index in [0.29, 0.717) is 23.8 Å². The van der Waals surface area contributed by atoms with Crippen LogP contribution in [0.15, 0.2) is 0 Å². The van der Waals surface area contributed by atoms with Gasteiger partial charge >= 0.3 is 0 Å². The number of nitrogens with zero attached hydrogens (tertiary/aromatic N) is 1. The predicted octanol–water partition coefficient (Wildman–Crippen LogP) is 1.86. The summed E-state index contributed by atoms with van der Waals surface area (Å²) in [4.78, 5) is 14.5. The van der Waals surface area contributed by atoms with Gasteiger partial charge in [-0.3, -0.25) is 4.79 Å². The van der Waals surface area contributed by atoms with Crippen LogP contribution in [0.4, 0.5) is 0 Å². The molecule has 2 fully saturated rings. The van der Waals surface area contributed by atoms with Crippen LogP contribution in [0.3, 0.4) is 0 Å². The highest BCUT2D eigenvalue weighted by atomic mass is 16.2. The van der Waals surface area contributed by atoms with Gasteiger partial charge in [-0.15, -0.1) is 0 Å². The molecule has 1 heterocycles. The Hall–Kier alpha value is -0.465. The molecule has 1 saturated carbocycles. The summed E-state index contributed by atoms with van der Waals surface area (Å²) >= 11 is 0. The lowest BCUT2D eigenvalue weighted by atomic mass is 9.74. The average molecular weight is 221 g/mol. The second kappa shape index (κ2) is 4.81. The molecule has 0 spiro atoms. The van der Waals surface area contributed by atoms with Crippen molar-refractivity contribution in [3.63, 3.8) is 0 Å². The van der Waals surface area contributed by atoms with Gasteiger partial charge in [0.15, 0.2) is 0 Å². The van der Waals surface area contributed by atoms with Crippen LogP contribution in [0.5, 0.6) is 0 Å². The molecule has 0 bridgehead atoms. The number of likely N-dealkylation sites (tertiary alicyclic amines) is 1. The van der Waals surface area contributed by atoms with Crippen molar-refractivity contribution in [3.8, 4) is 0 Å². The van der Waals surface area contributed by atoms with Crippen LogP contribution in [-0.4, -0.2) is 31.2 Å². The molecule has 90 valence electrons. The quantitative estimate of drug-likeness (QED) is 0.619. The predicted molar refractivity (Wildman–Crippen MR) is 69.2 cm³/mol. The van der Waals surface area contributed by atoms with Gasteiger partial charge in [0.05, 0.1) is 0 Å². The van der Waals surface area contributed by atoms with Crippen molar-refractivity contribution in [2.75, 3.05) is 6.54 Å². The fraction of sp³-hybridized carbons (Fsp3) is 0.923. The van der Waals surface area contributed by atoms with Crippen molar-refractivity contribution < 1.29 is 4.79 Å². The van der Waals surface area contributed by atoms with Crippen molar-refractivity contribution in [3.05, 3.63) is 0 Å². The highest BCUT2D eigenvalue weighted by molar-refractivity contribution is 6.11. The summed E-state index contributed by atoms with van der Waals surface area (Å²) in [5, 5.41) is 0. The van der Waals surface area contributed by atoms with Gasteiger partial charge in [-0.1, -0.05) is 25.1 Å². The first-order valence-corrected chi connectivity index (χ1v) is 6.90. The molecule has 3 unspecified atom stereocenters. The Morgan fingerprint density at radius 1 is 1.31 bits per heavy atom. The minimum atomic E-state index is 0.348. The summed E-state index contributed by atoms with van der Waals surface area (Å²) in [7, 11) is 2.35. The standard InChI is InChI=1S/C13H24BNO/c1-9(2)15-7-6-10-8-11(14)4-3-5-12(10)13(15)16/h9-12H,3-8,14H2,1-2H3. The van der Waals surface area contributed by atoms with E-state index >= 15 is 0 Å². The molecule has 3 atom stereocenters. The summed E-state index contributed by atoms with van der Waals surface area (Å²) in [6.07, 6.45) is 6.22. The molecule has 16 heavy (non-hydrogen) atoms. The van der Waals surface area contributed by atoms with E-state index in [1.165, 1.54) is 25.7 Å². The molecular formula is C13H24BNO. The fourth-order valence-electron chi connectivity index (χ4n) is 3.51. The second-order valence-electron chi connectivity index (χ2n) is 6.05. The minimum absolute atomic E-state index is 0.348. The van der Waals surface area contributed by atoms with Gasteiger partial charge in [0.25, 0.3) is 0 Å². The first kappa shape index (κ1) is 12.0. The van der Waals surface area contributed by atoms with Crippen molar-refractivity contribution >= 4 is 13.8 Å². The first-order chi connectivity index (χ1) is 7.59. The second-order valence-corrected chi connectivity index (χ2v) is 6.05. The number of carbonyl (C=O) groups is 1. The molecule has 0 aromatic heterocycles. The maximum atomic E-state index is 12.4. The molecule has 3 heteroatoms. The maximum Gasteiger partial charge on any atom is 0.226 e. The smallest absolute Gasteiger partial charge is 0.226 e. The van der Waals surface area contributed by atoms with Gasteiger partial charge in [-0.05, 0) is 32.6 Å². The fourth-order valence-corrected chi connectivity index (χ4v) is 3.51. The summed E-state index contributed by atoms with van der Waals surface area (Å²) in [5.41, 5.74) is 0. The Balaban J connectivity index is 2.09. The van der Waals surface area contributed by atoms with E-state index in [2.05, 4.69) is 26.6 Å². The summed E-state index contributed by atoms with van der Waals surface area (Å²) < 4.78 is 0. The Kier molecular flexibility index (Phi) is 3.61. The average Bonchev–Trinajstić information content (AvgIpc) is 2.39. The van der Waals surface area contributed by atoms with Gasteiger partial charge in [0.2, 0.25) is 5.91 Å². The molecule has 1 aliphatic heterocycles. The highest BCUT2D eigenvalue weighted by Gasteiger charge is 2.38. The zero-order valence-corrected chi connectivity index (χ0v) is 10.9. The van der Waals surface area contributed by atoms with Crippen LogP contribution in [0.2, 0.25) is 5.82 Å². The topological polar surface area (TPSA) is 20.3 Å². The van der Waals surface area contributed by atoms with E-state index in [-0.39, 0.29) is 0 Å². The monoisotopic (exact) mass is 221 g/mol. The van der Waals surface area contributed by atoms with E-state index < -0.39 is 0 Å². The normalized spacial score (nSPS) is 36.1. The summed E-state index contributed by atoms with van der Waals surface area (Å²) in [6.45, 7) is 5.26. The summed E-state index contributed by atoms with van der Waals surface area (Å²) in [6, 6.07) is 0.383. The number of rotatable bonds is 1. The third-order valence-electron chi connectivity index (χ3n) is 4.45. The van der Waals surface area contributed by atoms with E-state index in [9.17, 15) is 4.79 Å². The Morgan fingerprint density at radius 2 is 2.06 bits per heavy atom. The zero-order chi connectivity index (χ0) is 11.7. The first-order valence-electron chi connectivity index (χ1n) is 6.90. The molecule has 0 aromatic carbocycles. The van der Waals surface area contributed by atoms with E-state index in [1.54, 1.807) is 0 Å². The van der Waals surface area contributed by atoms with Gasteiger partial charge in [0, 0.05) is 18.5 Å². The molecule has 0 aromatic rings. The van der Waals surface area contributed by atoms with Crippen molar-refractivity contribution in [2.24, 2.45) is 11.8 Å². The third-order valence-corrected chi connectivity index (χ3v) is 4.45. The molecule has 1 aliphatic carbocycles. The van der Waals surface area contributed by atoms with Crippen LogP contribution >= 0.6 is 0 Å². The SMILES string of the molecule is BC1CCCC2C(=O)N(C(C)C)CCC2C1. The largest absolute Gasteiger partial charge is 0.340 e. The van der Waals surface area contributed by atoms with Crippen LogP contribution < -0.4 is 0 Å². The van der Waals surface area contributed by atoms with Gasteiger partial charge in [-0.2, -0.15) is 0 Å². The Morgan fingerprint density at radius 3 is 2.75 bits per heavy atom. The maximum absolute atomic E-state index is 12.4. The van der Waals surface area contributed by atoms with E-state index in [4.69, 9.17) is 0 Å². The van der Waals surface area contributed by atoms with E-state index in [0.717, 1.165) is 18.8 Å². The lowest BCUT2D eigenvalue weighted by Crippen LogP contribution is -2.48. The lowest BCUT2D eigenvalue weighted by Gasteiger charge is -2.39. The van der Waals surface area contributed by atoms with Gasteiger partial charge in [-0.25, -0.2) is 0 Å².